The lowest BCUT2D eigenvalue weighted by atomic mass is 9.48. The Kier molecular flexibility index (Phi) is 4.57. The molecule has 0 saturated carbocycles. The summed E-state index contributed by atoms with van der Waals surface area (Å²) in [5.41, 5.74) is 4.93. The van der Waals surface area contributed by atoms with E-state index in [0.717, 1.165) is 54.6 Å². The zero-order valence-corrected chi connectivity index (χ0v) is 20.3. The van der Waals surface area contributed by atoms with E-state index in [1.54, 1.807) is 24.3 Å². The molecule has 2 atom stereocenters. The van der Waals surface area contributed by atoms with Crippen LogP contribution in [-0.2, 0) is 9.59 Å². The summed E-state index contributed by atoms with van der Waals surface area (Å²) in [5, 5.41) is 0. The third-order valence-corrected chi connectivity index (χ3v) is 9.03. The molecule has 3 amide bonds. The normalized spacial score (nSPS) is 28.1. The van der Waals surface area contributed by atoms with E-state index in [4.69, 9.17) is 0 Å². The zero-order valence-electron chi connectivity index (χ0n) is 20.3. The first-order chi connectivity index (χ1) is 17.5. The van der Waals surface area contributed by atoms with Gasteiger partial charge in [0.25, 0.3) is 5.91 Å². The van der Waals surface area contributed by atoms with Gasteiger partial charge < -0.3 is 4.90 Å². The van der Waals surface area contributed by atoms with Gasteiger partial charge in [-0.2, -0.15) is 0 Å². The Hall–Kier alpha value is -3.73. The maximum Gasteiger partial charge on any atom is 0.253 e. The smallest absolute Gasteiger partial charge is 0.253 e. The van der Waals surface area contributed by atoms with E-state index in [1.165, 1.54) is 4.90 Å². The molecule has 0 radical (unpaired) electrons. The predicted molar refractivity (Wildman–Crippen MR) is 137 cm³/mol. The van der Waals surface area contributed by atoms with Crippen molar-refractivity contribution in [2.75, 3.05) is 18.0 Å². The number of amides is 3. The summed E-state index contributed by atoms with van der Waals surface area (Å²) in [7, 11) is 0. The molecule has 36 heavy (non-hydrogen) atoms. The van der Waals surface area contributed by atoms with Crippen molar-refractivity contribution in [3.05, 3.63) is 101 Å². The molecular formula is C31H28N2O3. The van der Waals surface area contributed by atoms with Gasteiger partial charge in [0.2, 0.25) is 11.8 Å². The van der Waals surface area contributed by atoms with Crippen LogP contribution in [0.3, 0.4) is 0 Å². The number of imide groups is 1. The number of benzene rings is 3. The lowest BCUT2D eigenvalue weighted by Gasteiger charge is -2.51. The highest BCUT2D eigenvalue weighted by molar-refractivity contribution is 6.25. The molecule has 5 aliphatic rings. The lowest BCUT2D eigenvalue weighted by molar-refractivity contribution is -0.128. The van der Waals surface area contributed by atoms with E-state index in [9.17, 15) is 14.4 Å². The molecule has 2 fully saturated rings. The van der Waals surface area contributed by atoms with Gasteiger partial charge in [-0.1, -0.05) is 48.5 Å². The maximum absolute atomic E-state index is 14.2. The summed E-state index contributed by atoms with van der Waals surface area (Å²) >= 11 is 0. The van der Waals surface area contributed by atoms with Crippen LogP contribution in [0.25, 0.3) is 0 Å². The molecule has 3 aliphatic carbocycles. The number of anilines is 1. The second-order valence-corrected chi connectivity index (χ2v) is 10.8. The third kappa shape index (κ3) is 2.69. The van der Waals surface area contributed by atoms with Gasteiger partial charge in [0.1, 0.15) is 0 Å². The van der Waals surface area contributed by atoms with Crippen LogP contribution in [0.4, 0.5) is 5.69 Å². The summed E-state index contributed by atoms with van der Waals surface area (Å²) in [5.74, 6) is -1.03. The average Bonchev–Trinajstić information content (AvgIpc) is 3.14. The van der Waals surface area contributed by atoms with Crippen molar-refractivity contribution in [2.24, 2.45) is 11.3 Å². The largest absolute Gasteiger partial charge is 0.339 e. The molecule has 5 nitrogen and oxygen atoms in total. The van der Waals surface area contributed by atoms with Crippen LogP contribution >= 0.6 is 0 Å². The van der Waals surface area contributed by atoms with E-state index in [-0.39, 0.29) is 29.6 Å². The van der Waals surface area contributed by atoms with Crippen molar-refractivity contribution in [1.82, 2.24) is 4.90 Å². The molecule has 0 N–H and O–H groups in total. The Balaban J connectivity index is 1.29. The van der Waals surface area contributed by atoms with Gasteiger partial charge in [-0.05, 0) is 72.7 Å². The monoisotopic (exact) mass is 476 g/mol. The predicted octanol–water partition coefficient (Wildman–Crippen LogP) is 5.10. The Bertz CT molecular complexity index is 1370. The van der Waals surface area contributed by atoms with Crippen molar-refractivity contribution >= 4 is 23.4 Å². The number of hydrogen-bond donors (Lipinski definition) is 0. The Morgan fingerprint density at radius 3 is 1.92 bits per heavy atom. The Morgan fingerprint density at radius 2 is 1.33 bits per heavy atom. The molecule has 0 spiro atoms. The van der Waals surface area contributed by atoms with Crippen molar-refractivity contribution in [2.45, 2.75) is 38.0 Å². The standard InChI is InChI=1S/C31H28N2O3/c1-31-26-23-11-5-3-9-21(23)25(22-10-4-6-12-24(22)26)27(31)29(35)33(30(31)36)20-15-13-19(14-16-20)28(34)32-17-7-2-8-18-32/h3-6,9-16,25-27H,2,7-8,17-18H2,1H3/t25?,26?,27-,31+/m0/s1. The van der Waals surface area contributed by atoms with Crippen LogP contribution in [0.2, 0.25) is 0 Å². The molecule has 0 unspecified atom stereocenters. The fraction of sp³-hybridized carbons (Fsp3) is 0.323. The quantitative estimate of drug-likeness (QED) is 0.484. The topological polar surface area (TPSA) is 57.7 Å². The molecule has 3 aromatic carbocycles. The molecule has 2 bridgehead atoms. The van der Waals surface area contributed by atoms with E-state index in [0.29, 0.717) is 11.3 Å². The number of carbonyl (C=O) groups is 3. The second-order valence-electron chi connectivity index (χ2n) is 10.8. The van der Waals surface area contributed by atoms with Crippen LogP contribution in [0.15, 0.2) is 72.8 Å². The van der Waals surface area contributed by atoms with Crippen molar-refractivity contribution in [3.8, 4) is 0 Å². The minimum Gasteiger partial charge on any atom is -0.339 e. The van der Waals surface area contributed by atoms with Gasteiger partial charge >= 0.3 is 0 Å². The zero-order chi connectivity index (χ0) is 24.6. The average molecular weight is 477 g/mol. The Morgan fingerprint density at radius 1 is 0.778 bits per heavy atom. The van der Waals surface area contributed by atoms with Gasteiger partial charge in [0.15, 0.2) is 0 Å². The molecule has 2 heterocycles. The van der Waals surface area contributed by atoms with Crippen molar-refractivity contribution in [3.63, 3.8) is 0 Å². The van der Waals surface area contributed by atoms with Gasteiger partial charge in [-0.25, -0.2) is 4.90 Å². The molecule has 2 aliphatic heterocycles. The van der Waals surface area contributed by atoms with Crippen LogP contribution in [-0.4, -0.2) is 35.7 Å². The first-order valence-corrected chi connectivity index (χ1v) is 13.0. The van der Waals surface area contributed by atoms with Gasteiger partial charge in [0, 0.05) is 30.5 Å². The Labute approximate surface area is 210 Å². The third-order valence-electron chi connectivity index (χ3n) is 9.03. The summed E-state index contributed by atoms with van der Waals surface area (Å²) in [4.78, 5) is 44.5. The molecule has 0 aromatic heterocycles. The van der Waals surface area contributed by atoms with E-state index < -0.39 is 11.3 Å². The minimum absolute atomic E-state index is 0.0184. The SMILES string of the molecule is C[C@]12C(=O)N(c3ccc(C(=O)N4CCCCC4)cc3)C(=O)[C@@H]1C1c3ccccc3C2c2ccccc21. The summed E-state index contributed by atoms with van der Waals surface area (Å²) in [6, 6.07) is 23.6. The fourth-order valence-corrected chi connectivity index (χ4v) is 7.39. The highest BCUT2D eigenvalue weighted by atomic mass is 16.2. The van der Waals surface area contributed by atoms with E-state index in [2.05, 4.69) is 24.3 Å². The van der Waals surface area contributed by atoms with Gasteiger partial charge in [0.05, 0.1) is 17.0 Å². The number of carbonyl (C=O) groups excluding carboxylic acids is 3. The summed E-state index contributed by atoms with van der Waals surface area (Å²) in [6.07, 6.45) is 3.24. The number of piperidine rings is 1. The minimum atomic E-state index is -0.854. The second kappa shape index (κ2) is 7.63. The highest BCUT2D eigenvalue weighted by Gasteiger charge is 2.68. The van der Waals surface area contributed by atoms with E-state index in [1.807, 2.05) is 36.1 Å². The van der Waals surface area contributed by atoms with Crippen LogP contribution in [0.1, 0.15) is 70.6 Å². The number of nitrogens with zero attached hydrogens (tertiary/aromatic N) is 2. The highest BCUT2D eigenvalue weighted by Crippen LogP contribution is 2.67. The molecule has 5 heteroatoms. The maximum atomic E-state index is 14.2. The van der Waals surface area contributed by atoms with Crippen LogP contribution in [0.5, 0.6) is 0 Å². The lowest BCUT2D eigenvalue weighted by Crippen LogP contribution is -2.49. The first-order valence-electron chi connectivity index (χ1n) is 13.0. The number of hydrogen-bond acceptors (Lipinski definition) is 3. The molecular weight excluding hydrogens is 448 g/mol. The van der Waals surface area contributed by atoms with Gasteiger partial charge in [-0.3, -0.25) is 14.4 Å². The molecule has 2 saturated heterocycles. The first kappa shape index (κ1) is 21.5. The number of rotatable bonds is 2. The van der Waals surface area contributed by atoms with Crippen molar-refractivity contribution in [1.29, 1.82) is 0 Å². The van der Waals surface area contributed by atoms with E-state index >= 15 is 0 Å². The van der Waals surface area contributed by atoms with Crippen molar-refractivity contribution < 1.29 is 14.4 Å². The molecule has 8 rings (SSSR count). The summed E-state index contributed by atoms with van der Waals surface area (Å²) in [6.45, 7) is 3.55. The number of likely N-dealkylation sites (tertiary alicyclic amines) is 1. The van der Waals surface area contributed by atoms with Crippen LogP contribution < -0.4 is 4.90 Å². The molecule has 180 valence electrons. The van der Waals surface area contributed by atoms with Crippen LogP contribution in [0, 0.1) is 11.3 Å². The summed E-state index contributed by atoms with van der Waals surface area (Å²) < 4.78 is 0. The molecule has 3 aromatic rings. The van der Waals surface area contributed by atoms with Gasteiger partial charge in [-0.15, -0.1) is 0 Å². The fourth-order valence-electron chi connectivity index (χ4n) is 7.39.